The Kier molecular flexibility index (Phi) is 5.90. The van der Waals surface area contributed by atoms with E-state index in [0.717, 1.165) is 49.6 Å². The second-order valence-electron chi connectivity index (χ2n) is 11.4. The molecule has 12 nitrogen and oxygen atoms in total. The number of pyridine rings is 1. The van der Waals surface area contributed by atoms with Crippen molar-refractivity contribution in [2.24, 2.45) is 0 Å². The predicted octanol–water partition coefficient (Wildman–Crippen LogP) is 2.63. The van der Waals surface area contributed by atoms with Crippen molar-refractivity contribution in [2.75, 3.05) is 39.8 Å². The lowest BCUT2D eigenvalue weighted by Crippen LogP contribution is -2.49. The number of piperazine rings is 1. The maximum atomic E-state index is 13.6. The van der Waals surface area contributed by atoms with Crippen LogP contribution in [0.5, 0.6) is 23.0 Å². The molecule has 12 heteroatoms. The molecule has 2 aromatic heterocycles. The van der Waals surface area contributed by atoms with Crippen molar-refractivity contribution in [2.45, 2.75) is 38.9 Å². The summed E-state index contributed by atoms with van der Waals surface area (Å²) in [6.45, 7) is 10.5. The van der Waals surface area contributed by atoms with Gasteiger partial charge in [-0.2, -0.15) is 0 Å². The Hall–Kier alpha value is -4.16. The quantitative estimate of drug-likeness (QED) is 0.401. The fourth-order valence-electron chi connectivity index (χ4n) is 5.63. The minimum absolute atomic E-state index is 0.169. The average molecular weight is 546 g/mol. The van der Waals surface area contributed by atoms with Crippen LogP contribution in [0.4, 0.5) is 0 Å². The molecule has 1 N–H and O–H groups in total. The van der Waals surface area contributed by atoms with E-state index in [4.69, 9.17) is 18.9 Å². The molecule has 1 fully saturated rings. The largest absolute Gasteiger partial charge is 0.454 e. The molecule has 208 valence electrons. The standard InChI is InChI=1S/C28H31N7O5/c1-28(2,3)35-26(30-31-32-35)25(19-11-18-12-23-24(40-16-39-23)13-20(18)29-27(19)36)34-8-6-33(7-9-34)14-17-4-5-21-22(10-17)38-15-37-21/h4-5,10-13,25H,6-9,14-16H2,1-3H3,(H,29,36). The number of H-pyrrole nitrogens is 1. The lowest BCUT2D eigenvalue weighted by molar-refractivity contribution is 0.0975. The van der Waals surface area contributed by atoms with Crippen LogP contribution in [0.15, 0.2) is 41.2 Å². The minimum Gasteiger partial charge on any atom is -0.454 e. The van der Waals surface area contributed by atoms with Crippen molar-refractivity contribution in [1.82, 2.24) is 35.0 Å². The van der Waals surface area contributed by atoms with Crippen LogP contribution in [0.25, 0.3) is 10.9 Å². The number of nitrogens with one attached hydrogen (secondary N) is 1. The monoisotopic (exact) mass is 545 g/mol. The second kappa shape index (κ2) is 9.49. The molecule has 40 heavy (non-hydrogen) atoms. The Morgan fingerprint density at radius 2 is 1.60 bits per heavy atom. The van der Waals surface area contributed by atoms with Gasteiger partial charge < -0.3 is 23.9 Å². The van der Waals surface area contributed by atoms with Gasteiger partial charge in [0, 0.05) is 49.7 Å². The number of nitrogens with zero attached hydrogens (tertiary/aromatic N) is 6. The third kappa shape index (κ3) is 4.42. The van der Waals surface area contributed by atoms with E-state index in [1.807, 2.05) is 28.9 Å². The Bertz CT molecular complexity index is 1630. The van der Waals surface area contributed by atoms with Gasteiger partial charge in [0.2, 0.25) is 13.6 Å². The van der Waals surface area contributed by atoms with Crippen molar-refractivity contribution < 1.29 is 18.9 Å². The maximum Gasteiger partial charge on any atom is 0.253 e. The van der Waals surface area contributed by atoms with Gasteiger partial charge in [-0.05, 0) is 61.0 Å². The molecule has 2 aromatic carbocycles. The third-order valence-electron chi connectivity index (χ3n) is 7.65. The normalized spacial score (nSPS) is 18.0. The summed E-state index contributed by atoms with van der Waals surface area (Å²) in [5.41, 5.74) is 1.92. The number of ether oxygens (including phenoxy) is 4. The first-order valence-electron chi connectivity index (χ1n) is 13.4. The summed E-state index contributed by atoms with van der Waals surface area (Å²) < 4.78 is 23.9. The number of rotatable bonds is 5. The Morgan fingerprint density at radius 1 is 0.900 bits per heavy atom. The molecule has 1 atom stereocenters. The molecule has 4 aromatic rings. The summed E-state index contributed by atoms with van der Waals surface area (Å²) in [6, 6.07) is 11.3. The predicted molar refractivity (Wildman–Crippen MR) is 145 cm³/mol. The molecule has 1 saturated heterocycles. The van der Waals surface area contributed by atoms with E-state index < -0.39 is 6.04 Å². The summed E-state index contributed by atoms with van der Waals surface area (Å²) in [5.74, 6) is 3.52. The summed E-state index contributed by atoms with van der Waals surface area (Å²) >= 11 is 0. The fraction of sp³-hybridized carbons (Fsp3) is 0.429. The number of aromatic amines is 1. The van der Waals surface area contributed by atoms with Gasteiger partial charge in [0.15, 0.2) is 28.8 Å². The Morgan fingerprint density at radius 3 is 2.35 bits per heavy atom. The second-order valence-corrected chi connectivity index (χ2v) is 11.4. The molecule has 3 aliphatic heterocycles. The molecule has 0 bridgehead atoms. The highest BCUT2D eigenvalue weighted by atomic mass is 16.7. The SMILES string of the molecule is CC(C)(C)n1nnnc1C(c1cc2cc3c(cc2[nH]c1=O)OCO3)N1CCN(Cc2ccc3c(c2)OCO3)CC1. The highest BCUT2D eigenvalue weighted by Crippen LogP contribution is 2.37. The van der Waals surface area contributed by atoms with Crippen LogP contribution in [-0.4, -0.2) is 74.8 Å². The molecule has 3 aliphatic rings. The third-order valence-corrected chi connectivity index (χ3v) is 7.65. The number of benzene rings is 2. The Labute approximate surface area is 230 Å². The molecule has 0 aliphatic carbocycles. The first-order chi connectivity index (χ1) is 19.3. The lowest BCUT2D eigenvalue weighted by atomic mass is 10.0. The van der Waals surface area contributed by atoms with Gasteiger partial charge in [-0.25, -0.2) is 4.68 Å². The highest BCUT2D eigenvalue weighted by molar-refractivity contribution is 5.83. The summed E-state index contributed by atoms with van der Waals surface area (Å²) in [6.07, 6.45) is 0. The molecule has 0 radical (unpaired) electrons. The molecule has 1 unspecified atom stereocenters. The van der Waals surface area contributed by atoms with E-state index in [-0.39, 0.29) is 24.7 Å². The zero-order valence-electron chi connectivity index (χ0n) is 22.7. The van der Waals surface area contributed by atoms with Crippen molar-refractivity contribution in [3.8, 4) is 23.0 Å². The van der Waals surface area contributed by atoms with Gasteiger partial charge in [0.1, 0.15) is 6.04 Å². The van der Waals surface area contributed by atoms with Crippen LogP contribution in [0.1, 0.15) is 43.8 Å². The van der Waals surface area contributed by atoms with Gasteiger partial charge in [-0.1, -0.05) is 6.07 Å². The minimum atomic E-state index is -0.430. The average Bonchev–Trinajstić information content (AvgIpc) is 3.69. The molecule has 0 saturated carbocycles. The van der Waals surface area contributed by atoms with Crippen molar-refractivity contribution in [3.05, 3.63) is 63.7 Å². The molecule has 7 rings (SSSR count). The molecule has 0 spiro atoms. The van der Waals surface area contributed by atoms with Crippen molar-refractivity contribution in [1.29, 1.82) is 0 Å². The van der Waals surface area contributed by atoms with Gasteiger partial charge in [-0.3, -0.25) is 14.6 Å². The van der Waals surface area contributed by atoms with Gasteiger partial charge in [0.05, 0.1) is 11.1 Å². The van der Waals surface area contributed by atoms with E-state index in [9.17, 15) is 4.79 Å². The number of hydrogen-bond acceptors (Lipinski definition) is 10. The topological polar surface area (TPSA) is 120 Å². The Balaban J connectivity index is 1.21. The molecular formula is C28H31N7O5. The van der Waals surface area contributed by atoms with Gasteiger partial charge >= 0.3 is 0 Å². The maximum absolute atomic E-state index is 13.6. The van der Waals surface area contributed by atoms with Gasteiger partial charge in [0.25, 0.3) is 5.56 Å². The lowest BCUT2D eigenvalue weighted by Gasteiger charge is -2.39. The smallest absolute Gasteiger partial charge is 0.253 e. The van der Waals surface area contributed by atoms with Crippen LogP contribution in [-0.2, 0) is 12.1 Å². The summed E-state index contributed by atoms with van der Waals surface area (Å²) in [4.78, 5) is 21.4. The van der Waals surface area contributed by atoms with E-state index in [1.54, 1.807) is 0 Å². The first kappa shape index (κ1) is 24.9. The van der Waals surface area contributed by atoms with Crippen LogP contribution in [0.3, 0.4) is 0 Å². The zero-order valence-corrected chi connectivity index (χ0v) is 22.7. The molecule has 5 heterocycles. The summed E-state index contributed by atoms with van der Waals surface area (Å²) in [5, 5.41) is 13.7. The van der Waals surface area contributed by atoms with E-state index in [0.29, 0.717) is 28.4 Å². The first-order valence-corrected chi connectivity index (χ1v) is 13.4. The van der Waals surface area contributed by atoms with E-state index >= 15 is 0 Å². The number of hydrogen-bond donors (Lipinski definition) is 1. The van der Waals surface area contributed by atoms with Crippen LogP contribution < -0.4 is 24.5 Å². The summed E-state index contributed by atoms with van der Waals surface area (Å²) in [7, 11) is 0. The molecular weight excluding hydrogens is 514 g/mol. The van der Waals surface area contributed by atoms with Crippen molar-refractivity contribution >= 4 is 10.9 Å². The van der Waals surface area contributed by atoms with Gasteiger partial charge in [-0.15, -0.1) is 5.10 Å². The van der Waals surface area contributed by atoms with E-state index in [1.165, 1.54) is 5.56 Å². The van der Waals surface area contributed by atoms with Crippen molar-refractivity contribution in [3.63, 3.8) is 0 Å². The number of aromatic nitrogens is 5. The number of fused-ring (bicyclic) bond motifs is 3. The zero-order chi connectivity index (χ0) is 27.4. The van der Waals surface area contributed by atoms with Crippen LogP contribution >= 0.6 is 0 Å². The molecule has 0 amide bonds. The van der Waals surface area contributed by atoms with Crippen LogP contribution in [0, 0.1) is 0 Å². The highest BCUT2D eigenvalue weighted by Gasteiger charge is 2.35. The fourth-order valence-corrected chi connectivity index (χ4v) is 5.63. The van der Waals surface area contributed by atoms with Crippen LogP contribution in [0.2, 0.25) is 0 Å². The number of tetrazole rings is 1. The van der Waals surface area contributed by atoms with E-state index in [2.05, 4.69) is 63.2 Å².